The van der Waals surface area contributed by atoms with Crippen LogP contribution in [0.2, 0.25) is 0 Å². The van der Waals surface area contributed by atoms with Crippen molar-refractivity contribution in [2.24, 2.45) is 0 Å². The molecule has 0 heterocycles. The average Bonchev–Trinajstić information content (AvgIpc) is 2.62. The molecular formula is C22H34N2O+2. The van der Waals surface area contributed by atoms with E-state index in [1.165, 1.54) is 29.1 Å². The summed E-state index contributed by atoms with van der Waals surface area (Å²) in [5, 5.41) is 2.38. The highest BCUT2D eigenvalue weighted by Gasteiger charge is 2.22. The van der Waals surface area contributed by atoms with Crippen molar-refractivity contribution in [1.29, 1.82) is 0 Å². The van der Waals surface area contributed by atoms with E-state index >= 15 is 0 Å². The molecule has 0 radical (unpaired) electrons. The van der Waals surface area contributed by atoms with Gasteiger partial charge in [0.2, 0.25) is 0 Å². The molecule has 0 aliphatic rings. The van der Waals surface area contributed by atoms with Crippen LogP contribution in [-0.4, -0.2) is 40.3 Å². The van der Waals surface area contributed by atoms with Crippen molar-refractivity contribution in [3.63, 3.8) is 0 Å². The molecule has 3 N–H and O–H groups in total. The first-order valence-electron chi connectivity index (χ1n) is 9.39. The van der Waals surface area contributed by atoms with E-state index in [-0.39, 0.29) is 5.41 Å². The number of rotatable bonds is 10. The SMILES string of the molecule is C[NH+](C)CC[NH2+]CCCOc1ccc(C(C)(C)c2ccccc2)cc1. The van der Waals surface area contributed by atoms with Crippen molar-refractivity contribution in [2.75, 3.05) is 40.3 Å². The lowest BCUT2D eigenvalue weighted by molar-refractivity contribution is -0.874. The number of likely N-dealkylation sites (N-methyl/N-ethyl adjacent to an activating group) is 1. The van der Waals surface area contributed by atoms with Gasteiger partial charge in [0, 0.05) is 11.8 Å². The van der Waals surface area contributed by atoms with Gasteiger partial charge in [0.1, 0.15) is 18.8 Å². The van der Waals surface area contributed by atoms with E-state index in [1.54, 1.807) is 0 Å². The lowest BCUT2D eigenvalue weighted by atomic mass is 9.78. The zero-order valence-electron chi connectivity index (χ0n) is 16.2. The van der Waals surface area contributed by atoms with E-state index in [9.17, 15) is 0 Å². The highest BCUT2D eigenvalue weighted by atomic mass is 16.5. The Morgan fingerprint density at radius 3 is 2.16 bits per heavy atom. The molecule has 0 atom stereocenters. The summed E-state index contributed by atoms with van der Waals surface area (Å²) < 4.78 is 5.88. The molecule has 0 saturated carbocycles. The predicted octanol–water partition coefficient (Wildman–Crippen LogP) is 1.49. The first kappa shape index (κ1) is 19.5. The number of hydrogen-bond donors (Lipinski definition) is 2. The maximum Gasteiger partial charge on any atom is 0.126 e. The molecule has 0 aliphatic carbocycles. The normalized spacial score (nSPS) is 11.7. The van der Waals surface area contributed by atoms with Crippen LogP contribution in [0, 0.1) is 0 Å². The van der Waals surface area contributed by atoms with Crippen LogP contribution in [0.4, 0.5) is 0 Å². The van der Waals surface area contributed by atoms with Gasteiger partial charge >= 0.3 is 0 Å². The molecule has 0 aromatic heterocycles. The second kappa shape index (κ2) is 9.59. The van der Waals surface area contributed by atoms with Crippen LogP contribution in [0.25, 0.3) is 0 Å². The molecule has 0 fully saturated rings. The Bertz CT molecular complexity index is 606. The standard InChI is InChI=1S/C22H32N2O/c1-22(2,19-9-6-5-7-10-19)20-11-13-21(14-12-20)25-18-8-15-23-16-17-24(3)4/h5-7,9-14,23H,8,15-18H2,1-4H3/p+2. The van der Waals surface area contributed by atoms with Crippen LogP contribution in [0.5, 0.6) is 5.75 Å². The molecule has 3 nitrogen and oxygen atoms in total. The summed E-state index contributed by atoms with van der Waals surface area (Å²) in [6.07, 6.45) is 1.08. The van der Waals surface area contributed by atoms with Crippen molar-refractivity contribution >= 4 is 0 Å². The molecule has 0 saturated heterocycles. The maximum atomic E-state index is 5.88. The Morgan fingerprint density at radius 1 is 0.880 bits per heavy atom. The average molecular weight is 343 g/mol. The van der Waals surface area contributed by atoms with Crippen LogP contribution in [0.3, 0.4) is 0 Å². The molecule has 136 valence electrons. The summed E-state index contributed by atoms with van der Waals surface area (Å²) in [6, 6.07) is 19.2. The van der Waals surface area contributed by atoms with E-state index in [0.717, 1.165) is 25.3 Å². The van der Waals surface area contributed by atoms with Gasteiger partial charge in [0.25, 0.3) is 0 Å². The summed E-state index contributed by atoms with van der Waals surface area (Å²) in [5.74, 6) is 0.963. The van der Waals surface area contributed by atoms with Crippen molar-refractivity contribution in [3.05, 3.63) is 65.7 Å². The summed E-state index contributed by atoms with van der Waals surface area (Å²) in [4.78, 5) is 1.51. The fourth-order valence-electron chi connectivity index (χ4n) is 2.94. The van der Waals surface area contributed by atoms with Gasteiger partial charge in [0.15, 0.2) is 0 Å². The molecule has 0 aliphatic heterocycles. The third-order valence-corrected chi connectivity index (χ3v) is 4.74. The zero-order valence-corrected chi connectivity index (χ0v) is 16.2. The van der Waals surface area contributed by atoms with Crippen molar-refractivity contribution in [2.45, 2.75) is 25.7 Å². The first-order valence-corrected chi connectivity index (χ1v) is 9.39. The topological polar surface area (TPSA) is 30.3 Å². The quantitative estimate of drug-likeness (QED) is 0.630. The second-order valence-electron chi connectivity index (χ2n) is 7.54. The second-order valence-corrected chi connectivity index (χ2v) is 7.54. The van der Waals surface area contributed by atoms with E-state index in [0.29, 0.717) is 0 Å². The van der Waals surface area contributed by atoms with Gasteiger partial charge < -0.3 is 15.0 Å². The molecule has 0 spiro atoms. The fraction of sp³-hybridized carbons (Fsp3) is 0.455. The minimum absolute atomic E-state index is 0.00315. The van der Waals surface area contributed by atoms with E-state index in [4.69, 9.17) is 4.74 Å². The highest BCUT2D eigenvalue weighted by Crippen LogP contribution is 2.32. The summed E-state index contributed by atoms with van der Waals surface area (Å²) in [7, 11) is 4.39. The van der Waals surface area contributed by atoms with Crippen molar-refractivity contribution < 1.29 is 15.0 Å². The number of ether oxygens (including phenoxy) is 1. The van der Waals surface area contributed by atoms with Gasteiger partial charge in [-0.3, -0.25) is 0 Å². The molecule has 0 unspecified atom stereocenters. The monoisotopic (exact) mass is 342 g/mol. The fourth-order valence-corrected chi connectivity index (χ4v) is 2.94. The number of hydrogen-bond acceptors (Lipinski definition) is 1. The molecule has 25 heavy (non-hydrogen) atoms. The minimum Gasteiger partial charge on any atom is -0.493 e. The molecule has 2 aromatic carbocycles. The third-order valence-electron chi connectivity index (χ3n) is 4.74. The van der Waals surface area contributed by atoms with Crippen LogP contribution in [0.15, 0.2) is 54.6 Å². The first-order chi connectivity index (χ1) is 12.0. The number of nitrogens with one attached hydrogen (secondary N) is 1. The Labute approximate surface area is 153 Å². The van der Waals surface area contributed by atoms with Crippen molar-refractivity contribution in [3.8, 4) is 5.75 Å². The summed E-state index contributed by atoms with van der Waals surface area (Å²) >= 11 is 0. The third kappa shape index (κ3) is 6.18. The van der Waals surface area contributed by atoms with Crippen molar-refractivity contribution in [1.82, 2.24) is 0 Å². The van der Waals surface area contributed by atoms with Crippen LogP contribution in [-0.2, 0) is 5.41 Å². The van der Waals surface area contributed by atoms with Crippen LogP contribution < -0.4 is 15.0 Å². The maximum absolute atomic E-state index is 5.88. The highest BCUT2D eigenvalue weighted by molar-refractivity contribution is 5.39. The summed E-state index contributed by atoms with van der Waals surface area (Å²) in [5.41, 5.74) is 2.65. The molecule has 2 aromatic rings. The van der Waals surface area contributed by atoms with E-state index in [1.807, 2.05) is 0 Å². The Hall–Kier alpha value is -1.84. The Balaban J connectivity index is 1.78. The largest absolute Gasteiger partial charge is 0.493 e. The number of nitrogens with two attached hydrogens (primary N) is 1. The molecule has 0 amide bonds. The predicted molar refractivity (Wildman–Crippen MR) is 104 cm³/mol. The zero-order chi connectivity index (χ0) is 18.1. The van der Waals surface area contributed by atoms with Gasteiger partial charge in [-0.25, -0.2) is 0 Å². The van der Waals surface area contributed by atoms with Crippen LogP contribution >= 0.6 is 0 Å². The lowest BCUT2D eigenvalue weighted by Gasteiger charge is -2.26. The summed E-state index contributed by atoms with van der Waals surface area (Å²) in [6.45, 7) is 8.84. The molecule has 0 bridgehead atoms. The smallest absolute Gasteiger partial charge is 0.126 e. The lowest BCUT2D eigenvalue weighted by Crippen LogP contribution is -3.09. The van der Waals surface area contributed by atoms with Crippen LogP contribution in [0.1, 0.15) is 31.4 Å². The van der Waals surface area contributed by atoms with E-state index in [2.05, 4.69) is 87.9 Å². The molecule has 3 heteroatoms. The molecular weight excluding hydrogens is 308 g/mol. The number of benzene rings is 2. The van der Waals surface area contributed by atoms with Gasteiger partial charge in [-0.1, -0.05) is 56.3 Å². The minimum atomic E-state index is 0.00315. The van der Waals surface area contributed by atoms with Gasteiger partial charge in [-0.05, 0) is 23.3 Å². The van der Waals surface area contributed by atoms with E-state index < -0.39 is 0 Å². The Morgan fingerprint density at radius 2 is 1.52 bits per heavy atom. The molecule has 2 rings (SSSR count). The number of quaternary nitrogens is 2. The van der Waals surface area contributed by atoms with Gasteiger partial charge in [0.05, 0.1) is 27.2 Å². The van der Waals surface area contributed by atoms with Gasteiger partial charge in [-0.2, -0.15) is 0 Å². The van der Waals surface area contributed by atoms with Gasteiger partial charge in [-0.15, -0.1) is 0 Å². The Kier molecular flexibility index (Phi) is 7.48.